The lowest BCUT2D eigenvalue weighted by Crippen LogP contribution is -2.28. The molecule has 1 fully saturated rings. The van der Waals surface area contributed by atoms with Crippen LogP contribution in [0, 0.1) is 5.92 Å². The van der Waals surface area contributed by atoms with E-state index in [0.29, 0.717) is 12.3 Å². The molecular weight excluding hydrogens is 270 g/mol. The number of aliphatic hydroxyl groups excluding tert-OH is 1. The van der Waals surface area contributed by atoms with Crippen molar-refractivity contribution in [2.75, 3.05) is 13.2 Å². The van der Waals surface area contributed by atoms with Gasteiger partial charge in [-0.05, 0) is 46.3 Å². The van der Waals surface area contributed by atoms with Crippen LogP contribution in [-0.4, -0.2) is 29.4 Å². The van der Waals surface area contributed by atoms with E-state index >= 15 is 0 Å². The van der Waals surface area contributed by atoms with E-state index in [1.807, 2.05) is 12.3 Å². The molecule has 16 heavy (non-hydrogen) atoms. The highest BCUT2D eigenvalue weighted by Gasteiger charge is 2.22. The summed E-state index contributed by atoms with van der Waals surface area (Å²) < 4.78 is 6.25. The molecule has 1 atom stereocenters. The molecular formula is C12H16BrNO2. The van der Waals surface area contributed by atoms with Crippen molar-refractivity contribution in [3.8, 4) is 0 Å². The lowest BCUT2D eigenvalue weighted by Gasteiger charge is -2.26. The summed E-state index contributed by atoms with van der Waals surface area (Å²) in [5.74, 6) is 0.368. The van der Waals surface area contributed by atoms with Gasteiger partial charge >= 0.3 is 0 Å². The predicted molar refractivity (Wildman–Crippen MR) is 65.2 cm³/mol. The van der Waals surface area contributed by atoms with Crippen molar-refractivity contribution in [1.29, 1.82) is 0 Å². The molecule has 1 saturated heterocycles. The molecule has 1 aliphatic heterocycles. The molecule has 2 rings (SSSR count). The molecule has 1 aliphatic rings. The highest BCUT2D eigenvalue weighted by Crippen LogP contribution is 2.22. The third-order valence-corrected chi connectivity index (χ3v) is 3.45. The van der Waals surface area contributed by atoms with Crippen molar-refractivity contribution >= 4 is 15.9 Å². The Labute approximate surface area is 104 Å². The summed E-state index contributed by atoms with van der Waals surface area (Å²) in [6.45, 7) is 1.55. The molecule has 0 aliphatic carbocycles. The van der Waals surface area contributed by atoms with E-state index in [1.54, 1.807) is 6.20 Å². The molecule has 0 bridgehead atoms. The first-order valence-corrected chi connectivity index (χ1v) is 6.40. The quantitative estimate of drug-likeness (QED) is 0.926. The summed E-state index contributed by atoms with van der Waals surface area (Å²) in [7, 11) is 0. The van der Waals surface area contributed by atoms with Crippen LogP contribution in [0.4, 0.5) is 0 Å². The van der Waals surface area contributed by atoms with Crippen molar-refractivity contribution < 1.29 is 9.84 Å². The zero-order chi connectivity index (χ0) is 11.4. The van der Waals surface area contributed by atoms with Crippen molar-refractivity contribution in [3.63, 3.8) is 0 Å². The minimum Gasteiger partial charge on any atom is -0.392 e. The lowest BCUT2D eigenvalue weighted by atomic mass is 9.90. The third-order valence-electron chi connectivity index (χ3n) is 3.02. The first kappa shape index (κ1) is 12.0. The average molecular weight is 286 g/mol. The van der Waals surface area contributed by atoms with Crippen LogP contribution in [0.2, 0.25) is 0 Å². The Morgan fingerprint density at radius 2 is 2.19 bits per heavy atom. The van der Waals surface area contributed by atoms with Gasteiger partial charge in [-0.15, -0.1) is 0 Å². The number of rotatable bonds is 3. The molecule has 1 unspecified atom stereocenters. The van der Waals surface area contributed by atoms with Crippen molar-refractivity contribution in [3.05, 3.63) is 28.5 Å². The zero-order valence-electron chi connectivity index (χ0n) is 9.10. The molecule has 0 aromatic carbocycles. The topological polar surface area (TPSA) is 42.4 Å². The van der Waals surface area contributed by atoms with Gasteiger partial charge in [-0.1, -0.05) is 0 Å². The molecule has 2 heterocycles. The minimum absolute atomic E-state index is 0.278. The van der Waals surface area contributed by atoms with Gasteiger partial charge in [-0.25, -0.2) is 0 Å². The number of aliphatic hydroxyl groups is 1. The Balaban J connectivity index is 1.93. The van der Waals surface area contributed by atoms with E-state index in [-0.39, 0.29) is 6.10 Å². The second-order valence-electron chi connectivity index (χ2n) is 4.23. The fourth-order valence-corrected chi connectivity index (χ4v) is 2.49. The maximum atomic E-state index is 10.1. The number of hydrogen-bond donors (Lipinski definition) is 1. The molecule has 88 valence electrons. The Morgan fingerprint density at radius 1 is 1.44 bits per heavy atom. The second kappa shape index (κ2) is 5.75. The van der Waals surface area contributed by atoms with Crippen molar-refractivity contribution in [1.82, 2.24) is 4.98 Å². The standard InChI is InChI=1S/C12H16BrNO2/c13-11-5-9(7-14-8-11)6-12(15)10-1-3-16-4-2-10/h5,7-8,10,12,15H,1-4,6H2. The number of hydrogen-bond acceptors (Lipinski definition) is 3. The lowest BCUT2D eigenvalue weighted by molar-refractivity contribution is 0.00837. The summed E-state index contributed by atoms with van der Waals surface area (Å²) in [5, 5.41) is 10.1. The Kier molecular flexibility index (Phi) is 4.32. The van der Waals surface area contributed by atoms with Crippen LogP contribution in [0.15, 0.2) is 22.9 Å². The average Bonchev–Trinajstić information content (AvgIpc) is 2.30. The summed E-state index contributed by atoms with van der Waals surface area (Å²) in [5.41, 5.74) is 1.08. The molecule has 4 heteroatoms. The second-order valence-corrected chi connectivity index (χ2v) is 5.15. The Hall–Kier alpha value is -0.450. The SMILES string of the molecule is OC(Cc1cncc(Br)c1)C1CCOCC1. The molecule has 3 nitrogen and oxygen atoms in total. The van der Waals surface area contributed by atoms with Crippen LogP contribution in [-0.2, 0) is 11.2 Å². The molecule has 0 saturated carbocycles. The fourth-order valence-electron chi connectivity index (χ4n) is 2.08. The van der Waals surface area contributed by atoms with Crippen molar-refractivity contribution in [2.45, 2.75) is 25.4 Å². The number of ether oxygens (including phenoxy) is 1. The van der Waals surface area contributed by atoms with Gasteiger partial charge in [0.05, 0.1) is 6.10 Å². The normalized spacial score (nSPS) is 19.6. The molecule has 0 spiro atoms. The van der Waals surface area contributed by atoms with Crippen LogP contribution in [0.1, 0.15) is 18.4 Å². The molecule has 1 N–H and O–H groups in total. The first-order chi connectivity index (χ1) is 7.75. The van der Waals surface area contributed by atoms with Gasteiger partial charge in [0, 0.05) is 36.5 Å². The third kappa shape index (κ3) is 3.27. The van der Waals surface area contributed by atoms with E-state index < -0.39 is 0 Å². The molecule has 0 radical (unpaired) electrons. The summed E-state index contributed by atoms with van der Waals surface area (Å²) in [4.78, 5) is 4.10. The maximum absolute atomic E-state index is 10.1. The summed E-state index contributed by atoms with van der Waals surface area (Å²) in [6.07, 6.45) is 5.89. The van der Waals surface area contributed by atoms with Crippen LogP contribution < -0.4 is 0 Å². The summed E-state index contributed by atoms with van der Waals surface area (Å²) >= 11 is 3.38. The monoisotopic (exact) mass is 285 g/mol. The van der Waals surface area contributed by atoms with Gasteiger partial charge in [-0.2, -0.15) is 0 Å². The van der Waals surface area contributed by atoms with E-state index in [0.717, 1.165) is 36.1 Å². The molecule has 1 aromatic rings. The molecule has 1 aromatic heterocycles. The molecule has 0 amide bonds. The van der Waals surface area contributed by atoms with Crippen LogP contribution in [0.25, 0.3) is 0 Å². The predicted octanol–water partition coefficient (Wildman–Crippen LogP) is 2.17. The minimum atomic E-state index is -0.278. The first-order valence-electron chi connectivity index (χ1n) is 5.61. The van der Waals surface area contributed by atoms with Crippen LogP contribution in [0.3, 0.4) is 0 Å². The van der Waals surface area contributed by atoms with Gasteiger partial charge in [0.1, 0.15) is 0 Å². The highest BCUT2D eigenvalue weighted by molar-refractivity contribution is 9.10. The highest BCUT2D eigenvalue weighted by atomic mass is 79.9. The number of nitrogens with zero attached hydrogens (tertiary/aromatic N) is 1. The van der Waals surface area contributed by atoms with E-state index in [4.69, 9.17) is 4.74 Å². The van der Waals surface area contributed by atoms with E-state index in [9.17, 15) is 5.11 Å². The van der Waals surface area contributed by atoms with Gasteiger partial charge in [0.15, 0.2) is 0 Å². The van der Waals surface area contributed by atoms with Crippen LogP contribution >= 0.6 is 15.9 Å². The van der Waals surface area contributed by atoms with Gasteiger partial charge in [0.2, 0.25) is 0 Å². The van der Waals surface area contributed by atoms with E-state index in [1.165, 1.54) is 0 Å². The maximum Gasteiger partial charge on any atom is 0.0610 e. The van der Waals surface area contributed by atoms with E-state index in [2.05, 4.69) is 20.9 Å². The van der Waals surface area contributed by atoms with Gasteiger partial charge in [-0.3, -0.25) is 4.98 Å². The number of halogens is 1. The smallest absolute Gasteiger partial charge is 0.0610 e. The number of aromatic nitrogens is 1. The summed E-state index contributed by atoms with van der Waals surface area (Å²) in [6, 6.07) is 2.01. The van der Waals surface area contributed by atoms with Gasteiger partial charge in [0.25, 0.3) is 0 Å². The number of pyridine rings is 1. The Bertz CT molecular complexity index is 340. The van der Waals surface area contributed by atoms with Crippen molar-refractivity contribution in [2.24, 2.45) is 5.92 Å². The van der Waals surface area contributed by atoms with Gasteiger partial charge < -0.3 is 9.84 Å². The Morgan fingerprint density at radius 3 is 2.88 bits per heavy atom. The fraction of sp³-hybridized carbons (Fsp3) is 0.583. The largest absolute Gasteiger partial charge is 0.392 e. The van der Waals surface area contributed by atoms with Crippen LogP contribution in [0.5, 0.6) is 0 Å². The zero-order valence-corrected chi connectivity index (χ0v) is 10.7.